The zero-order valence-electron chi connectivity index (χ0n) is 44.4. The van der Waals surface area contributed by atoms with Gasteiger partial charge in [-0.05, 0) is 197 Å². The number of benzene rings is 6. The molecule has 78 heavy (non-hydrogen) atoms. The molecule has 374 valence electrons. The Morgan fingerprint density at radius 2 is 1.26 bits per heavy atom. The molecule has 0 N–H and O–H groups in total. The first-order valence-corrected chi connectivity index (χ1v) is 28.1. The highest BCUT2D eigenvalue weighted by Crippen LogP contribution is 2.58. The SMILES string of the molecule is CC1(C)c2ccccc2-c2ccc(N(c3ccc(C4=CC=C(C5=Cc6c(n(C7=CC=CCC7)c7ccccc67)CC5)CC4)cc3)c3ccc(C4=CC5=C(CC4)[C@](c4c#cccc4)(c4ccccc4)c4ncccc45)cc3)cc21. The number of para-hydroxylation sites is 1. The summed E-state index contributed by atoms with van der Waals surface area (Å²) in [5, 5.41) is 1.37. The van der Waals surface area contributed by atoms with Crippen molar-refractivity contribution in [2.24, 2.45) is 0 Å². The second kappa shape index (κ2) is 18.4. The van der Waals surface area contributed by atoms with E-state index >= 15 is 0 Å². The molecule has 1 atom stereocenters. The fourth-order valence-corrected chi connectivity index (χ4v) is 14.3. The molecule has 7 aromatic carbocycles. The van der Waals surface area contributed by atoms with Crippen LogP contribution in [0.3, 0.4) is 0 Å². The number of aromatic nitrogens is 2. The molecular weight excluding hydrogens is 943 g/mol. The standard InChI is InChI=1S/C75H59N3/c1-74(2)68-26-14-12-23-62(68)63-43-42-61(49-70(63)74)77(59-38-32-51(33-39-59)50-28-30-52(31-29-50)55-37-45-72-67(48-55)64-24-13-15-27-71(64)78(72)58-21-10-5-11-22-58)60-40-34-53(35-41-60)54-36-44-69-66(47-54)65-25-16-46-76-73(65)75(69,56-17-6-3-7-18-56)57-19-8-4-9-20-57/h3-8,10,12-19,21,23-28,30,32-35,38-43,46-49H,11,22,29,31,36-37,44-45H2,1-2H3/t75-/m1/s1. The van der Waals surface area contributed by atoms with Crippen molar-refractivity contribution in [3.8, 4) is 11.1 Å². The largest absolute Gasteiger partial charge is 0.317 e. The molecule has 0 saturated heterocycles. The lowest BCUT2D eigenvalue weighted by atomic mass is 9.67. The van der Waals surface area contributed by atoms with Crippen LogP contribution >= 0.6 is 0 Å². The third-order valence-corrected chi connectivity index (χ3v) is 18.1. The Bertz CT molecular complexity index is 4090. The van der Waals surface area contributed by atoms with Crippen molar-refractivity contribution in [2.75, 3.05) is 4.90 Å². The van der Waals surface area contributed by atoms with Gasteiger partial charge >= 0.3 is 0 Å². The van der Waals surface area contributed by atoms with Gasteiger partial charge in [0.25, 0.3) is 0 Å². The Hall–Kier alpha value is -8.97. The van der Waals surface area contributed by atoms with E-state index in [1.54, 1.807) is 0 Å². The van der Waals surface area contributed by atoms with E-state index < -0.39 is 5.41 Å². The van der Waals surface area contributed by atoms with Crippen LogP contribution in [0, 0.1) is 12.1 Å². The fourth-order valence-electron chi connectivity index (χ4n) is 14.3. The summed E-state index contributed by atoms with van der Waals surface area (Å²) in [6, 6.07) is 72.1. The number of hydrogen-bond donors (Lipinski definition) is 0. The van der Waals surface area contributed by atoms with Crippen LogP contribution in [0.25, 0.3) is 50.5 Å². The van der Waals surface area contributed by atoms with Crippen molar-refractivity contribution in [1.29, 1.82) is 0 Å². The highest BCUT2D eigenvalue weighted by atomic mass is 15.1. The zero-order chi connectivity index (χ0) is 52.0. The normalized spacial score (nSPS) is 17.3. The lowest BCUT2D eigenvalue weighted by Crippen LogP contribution is -2.31. The fraction of sp³-hybridized carbons (Fsp3) is 0.160. The lowest BCUT2D eigenvalue weighted by Gasteiger charge is -2.34. The smallest absolute Gasteiger partial charge is 0.0927 e. The Morgan fingerprint density at radius 3 is 2.04 bits per heavy atom. The lowest BCUT2D eigenvalue weighted by molar-refractivity contribution is 0.660. The maximum Gasteiger partial charge on any atom is 0.0927 e. The topological polar surface area (TPSA) is 21.1 Å². The van der Waals surface area contributed by atoms with Crippen LogP contribution in [0.2, 0.25) is 0 Å². The van der Waals surface area contributed by atoms with Gasteiger partial charge in [0.15, 0.2) is 0 Å². The predicted octanol–water partition coefficient (Wildman–Crippen LogP) is 18.7. The van der Waals surface area contributed by atoms with E-state index in [2.05, 4.69) is 248 Å². The molecule has 2 heterocycles. The maximum absolute atomic E-state index is 5.18. The van der Waals surface area contributed by atoms with Crippen molar-refractivity contribution in [3.63, 3.8) is 0 Å². The van der Waals surface area contributed by atoms with Crippen LogP contribution in [0.15, 0.2) is 235 Å². The van der Waals surface area contributed by atoms with Gasteiger partial charge in [-0.25, -0.2) is 0 Å². The van der Waals surface area contributed by atoms with Crippen molar-refractivity contribution >= 4 is 56.5 Å². The van der Waals surface area contributed by atoms with E-state index in [1.807, 2.05) is 12.3 Å². The molecule has 0 saturated carbocycles. The van der Waals surface area contributed by atoms with Gasteiger partial charge in [-0.15, -0.1) is 0 Å². The molecule has 0 bridgehead atoms. The van der Waals surface area contributed by atoms with Crippen LogP contribution < -0.4 is 4.90 Å². The van der Waals surface area contributed by atoms with Gasteiger partial charge in [-0.1, -0.05) is 172 Å². The Kier molecular flexibility index (Phi) is 10.9. The molecule has 9 aromatic rings. The monoisotopic (exact) mass is 1000 g/mol. The average Bonchev–Trinajstić information content (AvgIpc) is 4.13. The highest BCUT2D eigenvalue weighted by molar-refractivity contribution is 5.97. The summed E-state index contributed by atoms with van der Waals surface area (Å²) < 4.78 is 2.56. The Balaban J connectivity index is 0.769. The highest BCUT2D eigenvalue weighted by Gasteiger charge is 2.49. The van der Waals surface area contributed by atoms with Gasteiger partial charge in [0.2, 0.25) is 0 Å². The van der Waals surface area contributed by atoms with Crippen LogP contribution in [0.1, 0.15) is 115 Å². The van der Waals surface area contributed by atoms with Crippen LogP contribution in [0.4, 0.5) is 17.1 Å². The number of fused-ring (bicyclic) bond motifs is 8. The van der Waals surface area contributed by atoms with Crippen molar-refractivity contribution in [1.82, 2.24) is 9.55 Å². The first-order valence-electron chi connectivity index (χ1n) is 28.1. The molecule has 0 radical (unpaired) electrons. The number of pyridine rings is 1. The third-order valence-electron chi connectivity index (χ3n) is 18.1. The minimum absolute atomic E-state index is 0.120. The average molecular weight is 1000 g/mol. The van der Waals surface area contributed by atoms with E-state index in [-0.39, 0.29) is 5.41 Å². The predicted molar refractivity (Wildman–Crippen MR) is 324 cm³/mol. The minimum Gasteiger partial charge on any atom is -0.317 e. The van der Waals surface area contributed by atoms with Crippen LogP contribution in [-0.2, 0) is 17.3 Å². The molecule has 0 amide bonds. The molecule has 3 heteroatoms. The molecule has 0 unspecified atom stereocenters. The van der Waals surface area contributed by atoms with Crippen LogP contribution in [-0.4, -0.2) is 9.55 Å². The molecule has 0 fully saturated rings. The maximum atomic E-state index is 5.18. The van der Waals surface area contributed by atoms with E-state index in [9.17, 15) is 0 Å². The summed E-state index contributed by atoms with van der Waals surface area (Å²) in [7, 11) is 0. The molecule has 6 aliphatic rings. The second-order valence-electron chi connectivity index (χ2n) is 22.5. The van der Waals surface area contributed by atoms with E-state index in [0.29, 0.717) is 0 Å². The molecule has 2 aromatic heterocycles. The molecule has 15 rings (SSSR count). The number of nitrogens with zero attached hydrogens (tertiary/aromatic N) is 3. The van der Waals surface area contributed by atoms with Crippen molar-refractivity contribution in [2.45, 2.75) is 76.0 Å². The van der Waals surface area contributed by atoms with Gasteiger partial charge in [0, 0.05) is 62.1 Å². The quantitative estimate of drug-likeness (QED) is 0.144. The molecular formula is C75H59N3. The van der Waals surface area contributed by atoms with E-state index in [0.717, 1.165) is 79.7 Å². The summed E-state index contributed by atoms with van der Waals surface area (Å²) in [6.07, 6.45) is 26.8. The van der Waals surface area contributed by atoms with Crippen molar-refractivity contribution < 1.29 is 0 Å². The molecule has 0 spiro atoms. The molecule has 0 aliphatic heterocycles. The minimum atomic E-state index is -0.529. The summed E-state index contributed by atoms with van der Waals surface area (Å²) in [5.74, 6) is 0. The first kappa shape index (κ1) is 46.3. The van der Waals surface area contributed by atoms with Gasteiger partial charge in [-0.3, -0.25) is 4.98 Å². The van der Waals surface area contributed by atoms with Gasteiger partial charge in [0.05, 0.1) is 16.6 Å². The number of rotatable bonds is 9. The zero-order valence-corrected chi connectivity index (χ0v) is 44.4. The Labute approximate surface area is 459 Å². The first-order chi connectivity index (χ1) is 38.4. The summed E-state index contributed by atoms with van der Waals surface area (Å²) >= 11 is 0. The second-order valence-corrected chi connectivity index (χ2v) is 22.5. The van der Waals surface area contributed by atoms with E-state index in [4.69, 9.17) is 4.98 Å². The summed E-state index contributed by atoms with van der Waals surface area (Å²) in [6.45, 7) is 4.75. The summed E-state index contributed by atoms with van der Waals surface area (Å²) in [4.78, 5) is 7.63. The number of allylic oxidation sites excluding steroid dienone is 13. The molecule has 3 nitrogen and oxygen atoms in total. The third kappa shape index (κ3) is 7.23. The van der Waals surface area contributed by atoms with Gasteiger partial charge < -0.3 is 9.47 Å². The summed E-state index contributed by atoms with van der Waals surface area (Å²) in [5.41, 5.74) is 29.3. The molecule has 6 aliphatic carbocycles. The van der Waals surface area contributed by atoms with Gasteiger partial charge in [0.1, 0.15) is 0 Å². The number of anilines is 3. The number of hydrogen-bond acceptors (Lipinski definition) is 2. The van der Waals surface area contributed by atoms with Crippen LogP contribution in [0.5, 0.6) is 0 Å². The Morgan fingerprint density at radius 1 is 0.551 bits per heavy atom. The van der Waals surface area contributed by atoms with Gasteiger partial charge in [-0.2, -0.15) is 0 Å². The van der Waals surface area contributed by atoms with E-state index in [1.165, 1.54) is 106 Å². The van der Waals surface area contributed by atoms with Crippen molar-refractivity contribution in [3.05, 3.63) is 303 Å².